The van der Waals surface area contributed by atoms with Crippen LogP contribution in [-0.4, -0.2) is 118 Å². The van der Waals surface area contributed by atoms with Crippen LogP contribution in [0.1, 0.15) is 170 Å². The molecule has 0 bridgehead atoms. The van der Waals surface area contributed by atoms with Gasteiger partial charge in [0.1, 0.15) is 24.4 Å². The summed E-state index contributed by atoms with van der Waals surface area (Å²) in [4.78, 5) is 78.3. The van der Waals surface area contributed by atoms with Crippen molar-refractivity contribution in [2.45, 2.75) is 195 Å². The fourth-order valence-corrected chi connectivity index (χ4v) is 16.2. The Morgan fingerprint density at radius 3 is 1.19 bits per heavy atom. The van der Waals surface area contributed by atoms with Crippen molar-refractivity contribution in [3.63, 3.8) is 0 Å². The van der Waals surface area contributed by atoms with Gasteiger partial charge >= 0.3 is 53.4 Å². The SMILES string of the molecule is CCC(=O)OC(O[P@](=O)(CCCCc1ccccc1)CC(=O)N1C[C@H](C2CCCCC2)C[C@H]1C(=O)O)C(C)C.CCC(=O)OC(O[P@](=O)(CCCCc1ccccc1)CC(=O)N1C[C@H](C2CCCCC2)C[C@H]1C(=O)O)C(C)C.[H-].[Na+]. The summed E-state index contributed by atoms with van der Waals surface area (Å²) in [5.41, 5.74) is 2.35. The second-order valence-corrected chi connectivity index (χ2v) is 28.2. The Bertz CT molecular complexity index is 2160. The smallest absolute Gasteiger partial charge is 1.00 e. The molecule has 2 heterocycles. The molecule has 79 heavy (non-hydrogen) atoms. The zero-order valence-electron chi connectivity index (χ0n) is 49.5. The van der Waals surface area contributed by atoms with E-state index in [-0.39, 0.29) is 92.1 Å². The van der Waals surface area contributed by atoms with Gasteiger partial charge in [-0.05, 0) is 86.2 Å². The first-order valence-corrected chi connectivity index (χ1v) is 33.3. The number of benzene rings is 2. The van der Waals surface area contributed by atoms with Gasteiger partial charge in [-0.25, -0.2) is 9.59 Å². The van der Waals surface area contributed by atoms with E-state index in [9.17, 15) is 48.1 Å². The molecule has 2 aromatic carbocycles. The minimum atomic E-state index is -3.60. The average Bonchev–Trinajstić information content (AvgIpc) is 4.10. The zero-order chi connectivity index (χ0) is 56.8. The predicted octanol–water partition coefficient (Wildman–Crippen LogP) is 9.36. The van der Waals surface area contributed by atoms with Crippen molar-refractivity contribution in [1.29, 1.82) is 0 Å². The summed E-state index contributed by atoms with van der Waals surface area (Å²) in [6.45, 7) is 11.4. The van der Waals surface area contributed by atoms with Gasteiger partial charge in [-0.2, -0.15) is 0 Å². The number of carboxylic acids is 2. The van der Waals surface area contributed by atoms with Gasteiger partial charge in [0, 0.05) is 50.1 Å². The first kappa shape index (κ1) is 68.1. The molecule has 6 rings (SSSR count). The van der Waals surface area contributed by atoms with Gasteiger partial charge in [0.05, 0.1) is 0 Å². The monoisotopic (exact) mass is 1150 g/mol. The molecule has 0 spiro atoms. The third-order valence-corrected chi connectivity index (χ3v) is 20.8. The Hall–Kier alpha value is -3.36. The summed E-state index contributed by atoms with van der Waals surface area (Å²) in [6.07, 6.45) is 14.2. The molecule has 8 atom stereocenters. The molecule has 438 valence electrons. The molecule has 2 aliphatic carbocycles. The van der Waals surface area contributed by atoms with Gasteiger partial charge in [-0.3, -0.25) is 37.4 Å². The van der Waals surface area contributed by atoms with E-state index in [1.807, 2.05) is 88.4 Å². The average molecular weight is 1150 g/mol. The van der Waals surface area contributed by atoms with Crippen LogP contribution >= 0.6 is 14.7 Å². The van der Waals surface area contributed by atoms with E-state index in [4.69, 9.17) is 18.5 Å². The number of carbonyl (C=O) groups is 6. The number of unbranched alkanes of at least 4 members (excludes halogenated alkanes) is 2. The number of hydrogen-bond donors (Lipinski definition) is 2. The van der Waals surface area contributed by atoms with Crippen molar-refractivity contribution in [2.75, 3.05) is 37.7 Å². The number of amides is 2. The van der Waals surface area contributed by atoms with E-state index in [0.29, 0.717) is 50.6 Å². The second kappa shape index (κ2) is 34.3. The van der Waals surface area contributed by atoms with E-state index < -0.39 is 75.1 Å². The summed E-state index contributed by atoms with van der Waals surface area (Å²) in [6, 6.07) is 18.2. The molecule has 2 unspecified atom stereocenters. The molecule has 2 amide bonds. The second-order valence-electron chi connectivity index (χ2n) is 23.0. The maximum atomic E-state index is 14.2. The summed E-state index contributed by atoms with van der Waals surface area (Å²) in [7, 11) is -7.19. The Kier molecular flexibility index (Phi) is 29.6. The van der Waals surface area contributed by atoms with Crippen LogP contribution in [0.2, 0.25) is 0 Å². The molecular formula is C60H93N2NaO14P2. The molecule has 4 fully saturated rings. The van der Waals surface area contributed by atoms with Crippen LogP contribution in [-0.2, 0) is 69.3 Å². The molecular weight excluding hydrogens is 1060 g/mol. The minimum absolute atomic E-state index is 0. The van der Waals surface area contributed by atoms with Gasteiger partial charge in [0.15, 0.2) is 0 Å². The number of ether oxygens (including phenoxy) is 2. The van der Waals surface area contributed by atoms with Crippen LogP contribution in [0.3, 0.4) is 0 Å². The molecule has 4 aliphatic rings. The third-order valence-electron chi connectivity index (χ3n) is 16.1. The largest absolute Gasteiger partial charge is 1.00 e. The maximum Gasteiger partial charge on any atom is 1.00 e. The molecule has 2 saturated carbocycles. The van der Waals surface area contributed by atoms with Gasteiger partial charge in [0.25, 0.3) is 0 Å². The Labute approximate surface area is 494 Å². The predicted molar refractivity (Wildman–Crippen MR) is 302 cm³/mol. The Morgan fingerprint density at radius 2 is 0.886 bits per heavy atom. The summed E-state index contributed by atoms with van der Waals surface area (Å²) in [5.74, 6) is -3.22. The number of carbonyl (C=O) groups excluding carboxylic acids is 4. The first-order chi connectivity index (χ1) is 37.2. The number of likely N-dealkylation sites (tertiary alicyclic amines) is 2. The first-order valence-electron chi connectivity index (χ1n) is 29.3. The van der Waals surface area contributed by atoms with Gasteiger partial charge in [-0.1, -0.05) is 166 Å². The number of aliphatic carboxylic acids is 2. The quantitative estimate of drug-likeness (QED) is 0.0267. The molecule has 0 radical (unpaired) electrons. The molecule has 2 saturated heterocycles. The van der Waals surface area contributed by atoms with Crippen molar-refractivity contribution in [3.8, 4) is 0 Å². The van der Waals surface area contributed by atoms with Gasteiger partial charge in [-0.15, -0.1) is 0 Å². The van der Waals surface area contributed by atoms with Crippen LogP contribution < -0.4 is 29.6 Å². The fourth-order valence-electron chi connectivity index (χ4n) is 11.6. The summed E-state index contributed by atoms with van der Waals surface area (Å²) >= 11 is 0. The number of aryl methyl sites for hydroxylation is 2. The fraction of sp³-hybridized carbons (Fsp3) is 0.700. The van der Waals surface area contributed by atoms with Crippen molar-refractivity contribution in [2.24, 2.45) is 35.5 Å². The third kappa shape index (κ3) is 22.4. The molecule has 2 aromatic rings. The van der Waals surface area contributed by atoms with Crippen molar-refractivity contribution < 1.29 is 97.6 Å². The topological polar surface area (TPSA) is 220 Å². The van der Waals surface area contributed by atoms with E-state index in [2.05, 4.69) is 0 Å². The maximum absolute atomic E-state index is 14.2. The van der Waals surface area contributed by atoms with Crippen molar-refractivity contribution >= 4 is 50.4 Å². The van der Waals surface area contributed by atoms with Crippen LogP contribution in [0.15, 0.2) is 60.7 Å². The molecule has 0 aromatic heterocycles. The molecule has 16 nitrogen and oxygen atoms in total. The molecule has 2 aliphatic heterocycles. The van der Waals surface area contributed by atoms with E-state index in [1.165, 1.54) is 33.8 Å². The van der Waals surface area contributed by atoms with E-state index >= 15 is 0 Å². The van der Waals surface area contributed by atoms with Crippen LogP contribution in [0.5, 0.6) is 0 Å². The number of hydrogen-bond acceptors (Lipinski definition) is 12. The normalized spacial score (nSPS) is 22.1. The summed E-state index contributed by atoms with van der Waals surface area (Å²) < 4.78 is 51.4. The van der Waals surface area contributed by atoms with Gasteiger partial charge in [0.2, 0.25) is 39.1 Å². The van der Waals surface area contributed by atoms with Crippen LogP contribution in [0.25, 0.3) is 0 Å². The van der Waals surface area contributed by atoms with Gasteiger partial charge < -0.3 is 30.9 Å². The van der Waals surface area contributed by atoms with Crippen molar-refractivity contribution in [3.05, 3.63) is 71.8 Å². The number of nitrogens with zero attached hydrogens (tertiary/aromatic N) is 2. The standard InChI is InChI=1S/2C30H46NO7P.Na.H/c2*1-4-28(33)37-30(22(2)3)38-39(36,18-12-11-15-23-13-7-5-8-14-23)21-27(32)31-20-25(19-26(31)29(34)35)24-16-9-6-10-17-24;;/h2*5,7-8,13-14,22,24-26,30H,4,6,9-12,15-21H2,1-3H3,(H,34,35);;/q;;+1;-1/t2*25-,26+,30?,39-;;/m11../s1. The summed E-state index contributed by atoms with van der Waals surface area (Å²) in [5, 5.41) is 19.8. The Balaban J connectivity index is 0.000000410. The van der Waals surface area contributed by atoms with E-state index in [0.717, 1.165) is 77.0 Å². The van der Waals surface area contributed by atoms with Crippen LogP contribution in [0.4, 0.5) is 0 Å². The zero-order valence-corrected chi connectivity index (χ0v) is 52.3. The minimum Gasteiger partial charge on any atom is -1.00 e. The number of carboxylic acid groups (broad SMARTS) is 2. The molecule has 19 heteroatoms. The Morgan fingerprint density at radius 1 is 0.544 bits per heavy atom. The molecule has 2 N–H and O–H groups in total. The van der Waals surface area contributed by atoms with Crippen molar-refractivity contribution in [1.82, 2.24) is 9.80 Å². The number of rotatable bonds is 28. The van der Waals surface area contributed by atoms with E-state index in [1.54, 1.807) is 13.8 Å². The number of esters is 2. The van der Waals surface area contributed by atoms with Crippen LogP contribution in [0, 0.1) is 35.5 Å².